The summed E-state index contributed by atoms with van der Waals surface area (Å²) >= 11 is 0. The van der Waals surface area contributed by atoms with Gasteiger partial charge in [-0.2, -0.15) is 4.72 Å². The van der Waals surface area contributed by atoms with Crippen molar-refractivity contribution >= 4 is 20.9 Å². The van der Waals surface area contributed by atoms with Gasteiger partial charge in [0.05, 0.1) is 5.52 Å². The first-order valence-corrected chi connectivity index (χ1v) is 10.3. The number of benzene rings is 2. The molecule has 1 atom stereocenters. The number of aromatic nitrogens is 3. The second kappa shape index (κ2) is 7.18. The van der Waals surface area contributed by atoms with Gasteiger partial charge in [-0.3, -0.25) is 4.98 Å². The van der Waals surface area contributed by atoms with Crippen molar-refractivity contribution in [2.24, 2.45) is 7.05 Å². The van der Waals surface area contributed by atoms with Crippen LogP contribution in [0.15, 0.2) is 78.1 Å². The van der Waals surface area contributed by atoms with Crippen molar-refractivity contribution in [2.45, 2.75) is 17.9 Å². The van der Waals surface area contributed by atoms with E-state index in [1.807, 2.05) is 61.0 Å². The Morgan fingerprint density at radius 1 is 1.04 bits per heavy atom. The van der Waals surface area contributed by atoms with E-state index in [9.17, 15) is 8.42 Å². The highest BCUT2D eigenvalue weighted by Crippen LogP contribution is 2.26. The second-order valence-electron chi connectivity index (χ2n) is 6.70. The molecule has 0 amide bonds. The molecule has 4 aromatic rings. The van der Waals surface area contributed by atoms with E-state index in [4.69, 9.17) is 0 Å². The molecule has 0 aliphatic heterocycles. The van der Waals surface area contributed by atoms with Crippen LogP contribution in [0.25, 0.3) is 10.9 Å². The molecule has 0 aliphatic carbocycles. The van der Waals surface area contributed by atoms with Crippen molar-refractivity contribution in [1.82, 2.24) is 19.3 Å². The van der Waals surface area contributed by atoms with Crippen molar-refractivity contribution in [2.75, 3.05) is 0 Å². The number of nitrogens with zero attached hydrogens (tertiary/aromatic N) is 3. The molecule has 28 heavy (non-hydrogen) atoms. The molecule has 0 saturated carbocycles. The number of imidazole rings is 1. The number of fused-ring (bicyclic) bond motifs is 1. The molecule has 2 heterocycles. The summed E-state index contributed by atoms with van der Waals surface area (Å²) < 4.78 is 31.3. The summed E-state index contributed by atoms with van der Waals surface area (Å²) in [6.45, 7) is 1.93. The average Bonchev–Trinajstić information content (AvgIpc) is 3.12. The fourth-order valence-corrected chi connectivity index (χ4v) is 4.61. The number of pyridine rings is 1. The van der Waals surface area contributed by atoms with Gasteiger partial charge in [-0.25, -0.2) is 13.4 Å². The Labute approximate surface area is 163 Å². The van der Waals surface area contributed by atoms with E-state index >= 15 is 0 Å². The summed E-state index contributed by atoms with van der Waals surface area (Å²) in [6, 6.07) is 15.9. The topological polar surface area (TPSA) is 76.9 Å². The zero-order valence-electron chi connectivity index (χ0n) is 15.6. The summed E-state index contributed by atoms with van der Waals surface area (Å²) in [7, 11) is -2.01. The molecule has 6 nitrogen and oxygen atoms in total. The molecular weight excluding hydrogens is 372 g/mol. The Morgan fingerprint density at radius 3 is 2.54 bits per heavy atom. The smallest absolute Gasteiger partial charge is 0.243 e. The van der Waals surface area contributed by atoms with Gasteiger partial charge < -0.3 is 4.57 Å². The van der Waals surface area contributed by atoms with Crippen molar-refractivity contribution in [3.8, 4) is 0 Å². The monoisotopic (exact) mass is 392 g/mol. The predicted molar refractivity (Wildman–Crippen MR) is 108 cm³/mol. The van der Waals surface area contributed by atoms with Gasteiger partial charge in [0.25, 0.3) is 0 Å². The van der Waals surface area contributed by atoms with E-state index in [1.54, 1.807) is 30.7 Å². The van der Waals surface area contributed by atoms with Crippen molar-refractivity contribution in [3.05, 3.63) is 90.1 Å². The highest BCUT2D eigenvalue weighted by Gasteiger charge is 2.27. The zero-order valence-corrected chi connectivity index (χ0v) is 16.4. The molecular formula is C21H20N4O2S. The van der Waals surface area contributed by atoms with Crippen LogP contribution in [0.4, 0.5) is 0 Å². The molecule has 0 bridgehead atoms. The van der Waals surface area contributed by atoms with Crippen LogP contribution in [0.2, 0.25) is 0 Å². The second-order valence-corrected chi connectivity index (χ2v) is 8.38. The minimum atomic E-state index is -3.86. The Kier molecular flexibility index (Phi) is 4.70. The fraction of sp³-hybridized carbons (Fsp3) is 0.143. The third-order valence-electron chi connectivity index (χ3n) is 4.62. The van der Waals surface area contributed by atoms with Crippen LogP contribution >= 0.6 is 0 Å². The molecule has 0 aliphatic rings. The van der Waals surface area contributed by atoms with Crippen LogP contribution in [0, 0.1) is 6.92 Å². The Balaban J connectivity index is 1.82. The first-order valence-electron chi connectivity index (χ1n) is 8.85. The van der Waals surface area contributed by atoms with Gasteiger partial charge in [0.15, 0.2) is 0 Å². The maximum atomic E-state index is 13.3. The van der Waals surface area contributed by atoms with Crippen molar-refractivity contribution < 1.29 is 8.42 Å². The van der Waals surface area contributed by atoms with E-state index in [1.165, 1.54) is 0 Å². The number of nitrogens with one attached hydrogen (secondary N) is 1. The minimum absolute atomic E-state index is 0.153. The van der Waals surface area contributed by atoms with Gasteiger partial charge in [0, 0.05) is 31.0 Å². The van der Waals surface area contributed by atoms with E-state index in [2.05, 4.69) is 14.7 Å². The molecule has 1 N–H and O–H groups in total. The van der Waals surface area contributed by atoms with Gasteiger partial charge in [0.2, 0.25) is 10.0 Å². The number of para-hydroxylation sites is 1. The third kappa shape index (κ3) is 3.42. The molecule has 2 aromatic heterocycles. The minimum Gasteiger partial charge on any atom is -0.336 e. The number of sulfonamides is 1. The lowest BCUT2D eigenvalue weighted by atomic mass is 10.1. The van der Waals surface area contributed by atoms with E-state index in [-0.39, 0.29) is 4.90 Å². The summed E-state index contributed by atoms with van der Waals surface area (Å²) in [5.74, 6) is 0.610. The van der Waals surface area contributed by atoms with Gasteiger partial charge in [-0.05, 0) is 30.2 Å². The molecule has 4 rings (SSSR count). The average molecular weight is 392 g/mol. The summed E-state index contributed by atoms with van der Waals surface area (Å²) in [5.41, 5.74) is 2.24. The SMILES string of the molecule is Cc1cnc2c(S(=O)(=O)N[C@@H](c3ccccc3)c3nccn3C)cccc2c1. The third-order valence-corrected chi connectivity index (χ3v) is 6.08. The summed E-state index contributed by atoms with van der Waals surface area (Å²) in [4.78, 5) is 8.88. The first kappa shape index (κ1) is 18.3. The molecule has 7 heteroatoms. The normalized spacial score (nSPS) is 12.9. The highest BCUT2D eigenvalue weighted by atomic mass is 32.2. The van der Waals surface area contributed by atoms with E-state index in [0.717, 1.165) is 16.5 Å². The maximum Gasteiger partial charge on any atom is 0.243 e. The van der Waals surface area contributed by atoms with Crippen LogP contribution < -0.4 is 4.72 Å². The standard InChI is InChI=1S/C21H20N4O2S/c1-15-13-17-9-6-10-18(19(17)23-14-15)28(26,27)24-20(16-7-4-3-5-8-16)21-22-11-12-25(21)2/h3-14,20,24H,1-2H3/t20-/m0/s1. The summed E-state index contributed by atoms with van der Waals surface area (Å²) in [6.07, 6.45) is 5.12. The number of aryl methyl sites for hydroxylation is 2. The molecule has 0 spiro atoms. The molecule has 0 unspecified atom stereocenters. The molecule has 2 aromatic carbocycles. The van der Waals surface area contributed by atoms with Crippen LogP contribution in [-0.2, 0) is 17.1 Å². The first-order chi connectivity index (χ1) is 13.5. The van der Waals surface area contributed by atoms with Crippen LogP contribution in [-0.4, -0.2) is 23.0 Å². The van der Waals surface area contributed by atoms with Crippen molar-refractivity contribution in [3.63, 3.8) is 0 Å². The molecule has 0 fully saturated rings. The largest absolute Gasteiger partial charge is 0.336 e. The summed E-state index contributed by atoms with van der Waals surface area (Å²) in [5, 5.41) is 0.788. The van der Waals surface area contributed by atoms with Gasteiger partial charge >= 0.3 is 0 Å². The van der Waals surface area contributed by atoms with Gasteiger partial charge in [0.1, 0.15) is 16.8 Å². The maximum absolute atomic E-state index is 13.3. The zero-order chi connectivity index (χ0) is 19.7. The lowest BCUT2D eigenvalue weighted by Gasteiger charge is -2.19. The Bertz CT molecular complexity index is 1230. The van der Waals surface area contributed by atoms with Crippen LogP contribution in [0.3, 0.4) is 0 Å². The number of hydrogen-bond acceptors (Lipinski definition) is 4. The Hall–Kier alpha value is -3.03. The van der Waals surface area contributed by atoms with Gasteiger partial charge in [-0.1, -0.05) is 42.5 Å². The number of rotatable bonds is 5. The fourth-order valence-electron chi connectivity index (χ4n) is 3.25. The predicted octanol–water partition coefficient (Wildman–Crippen LogP) is 3.34. The van der Waals surface area contributed by atoms with Gasteiger partial charge in [-0.15, -0.1) is 0 Å². The molecule has 0 saturated heterocycles. The van der Waals surface area contributed by atoms with Crippen LogP contribution in [0.1, 0.15) is 23.0 Å². The highest BCUT2D eigenvalue weighted by molar-refractivity contribution is 7.89. The quantitative estimate of drug-likeness (QED) is 0.565. The molecule has 0 radical (unpaired) electrons. The Morgan fingerprint density at radius 2 is 1.82 bits per heavy atom. The van der Waals surface area contributed by atoms with E-state index < -0.39 is 16.1 Å². The van der Waals surface area contributed by atoms with Crippen LogP contribution in [0.5, 0.6) is 0 Å². The number of hydrogen-bond donors (Lipinski definition) is 1. The molecule has 142 valence electrons. The van der Waals surface area contributed by atoms with Crippen molar-refractivity contribution in [1.29, 1.82) is 0 Å². The lowest BCUT2D eigenvalue weighted by molar-refractivity contribution is 0.563. The van der Waals surface area contributed by atoms with E-state index in [0.29, 0.717) is 11.3 Å². The lowest BCUT2D eigenvalue weighted by Crippen LogP contribution is -2.31.